The van der Waals surface area contributed by atoms with Crippen LogP contribution in [0.25, 0.3) is 0 Å². The maximum absolute atomic E-state index is 9.23. The monoisotopic (exact) mass is 193 g/mol. The van der Waals surface area contributed by atoms with Crippen LogP contribution in [0.2, 0.25) is 0 Å². The zero-order valence-corrected chi connectivity index (χ0v) is 9.12. The fourth-order valence-corrected chi connectivity index (χ4v) is 3.47. The molecular weight excluding hydrogens is 174 g/mol. The van der Waals surface area contributed by atoms with Gasteiger partial charge in [0.25, 0.3) is 0 Å². The average molecular weight is 193 g/mol. The van der Waals surface area contributed by atoms with Crippen LogP contribution in [0.1, 0.15) is 39.5 Å². The van der Waals surface area contributed by atoms with Crippen LogP contribution in [0.15, 0.2) is 0 Å². The van der Waals surface area contributed by atoms with E-state index in [1.165, 1.54) is 19.3 Å². The van der Waals surface area contributed by atoms with Crippen LogP contribution in [0.5, 0.6) is 0 Å². The van der Waals surface area contributed by atoms with E-state index < -0.39 is 5.60 Å². The number of ether oxygens (including phenoxy) is 1. The maximum Gasteiger partial charge on any atom is 0.154 e. The number of hydrogen-bond donors (Lipinski definition) is 0. The highest BCUT2D eigenvalue weighted by Crippen LogP contribution is 2.46. The fraction of sp³-hybridized carbons (Fsp3) is 0.917. The number of nitrogens with zero attached hydrogens (tertiary/aromatic N) is 1. The van der Waals surface area contributed by atoms with E-state index in [2.05, 4.69) is 13.0 Å². The first-order chi connectivity index (χ1) is 6.67. The Labute approximate surface area is 86.2 Å². The summed E-state index contributed by atoms with van der Waals surface area (Å²) < 4.78 is 5.69. The molecule has 1 heterocycles. The van der Waals surface area contributed by atoms with E-state index >= 15 is 0 Å². The molecule has 1 aliphatic carbocycles. The summed E-state index contributed by atoms with van der Waals surface area (Å²) in [6, 6.07) is 2.39. The summed E-state index contributed by atoms with van der Waals surface area (Å²) in [5.41, 5.74) is -0.511. The minimum atomic E-state index is -0.511. The standard InChI is InChI=1S/C12H19NO/c1-9-4-3-5-10-6-7-14-12(2,8-13)11(9)10/h9-11H,3-7H2,1-2H3/t9-,10-,11+,12+/m0/s1. The summed E-state index contributed by atoms with van der Waals surface area (Å²) in [6.07, 6.45) is 5.06. The van der Waals surface area contributed by atoms with Crippen molar-refractivity contribution < 1.29 is 4.74 Å². The normalized spacial score (nSPS) is 47.9. The van der Waals surface area contributed by atoms with Crippen LogP contribution in [-0.4, -0.2) is 12.2 Å². The fourth-order valence-electron chi connectivity index (χ4n) is 3.47. The van der Waals surface area contributed by atoms with Crippen molar-refractivity contribution in [3.63, 3.8) is 0 Å². The predicted octanol–water partition coefficient (Wildman–Crippen LogP) is 2.74. The molecular formula is C12H19NO. The highest BCUT2D eigenvalue weighted by molar-refractivity contribution is 5.08. The van der Waals surface area contributed by atoms with Gasteiger partial charge in [0.1, 0.15) is 0 Å². The minimum absolute atomic E-state index is 0.468. The van der Waals surface area contributed by atoms with Crippen LogP contribution < -0.4 is 0 Å². The quantitative estimate of drug-likeness (QED) is 0.592. The summed E-state index contributed by atoms with van der Waals surface area (Å²) in [5.74, 6) is 1.85. The van der Waals surface area contributed by atoms with E-state index in [1.807, 2.05) is 6.92 Å². The number of rotatable bonds is 0. The Morgan fingerprint density at radius 1 is 1.36 bits per heavy atom. The number of nitriles is 1. The third-order valence-corrected chi connectivity index (χ3v) is 4.10. The lowest BCUT2D eigenvalue weighted by Gasteiger charge is -2.47. The molecule has 1 saturated carbocycles. The van der Waals surface area contributed by atoms with Crippen molar-refractivity contribution in [1.82, 2.24) is 0 Å². The lowest BCUT2D eigenvalue weighted by Crippen LogP contribution is -2.49. The molecule has 0 unspecified atom stereocenters. The first-order valence-corrected chi connectivity index (χ1v) is 5.72. The average Bonchev–Trinajstić information content (AvgIpc) is 2.18. The van der Waals surface area contributed by atoms with E-state index in [-0.39, 0.29) is 0 Å². The van der Waals surface area contributed by atoms with Gasteiger partial charge in [-0.05, 0) is 31.6 Å². The molecule has 2 rings (SSSR count). The van der Waals surface area contributed by atoms with E-state index in [9.17, 15) is 5.26 Å². The van der Waals surface area contributed by atoms with Gasteiger partial charge in [-0.2, -0.15) is 5.26 Å². The predicted molar refractivity (Wildman–Crippen MR) is 54.6 cm³/mol. The topological polar surface area (TPSA) is 33.0 Å². The van der Waals surface area contributed by atoms with Gasteiger partial charge in [0.2, 0.25) is 0 Å². The Hall–Kier alpha value is -0.550. The van der Waals surface area contributed by atoms with E-state index in [0.29, 0.717) is 11.8 Å². The lowest BCUT2D eigenvalue weighted by molar-refractivity contribution is -0.124. The van der Waals surface area contributed by atoms with Gasteiger partial charge in [-0.15, -0.1) is 0 Å². The van der Waals surface area contributed by atoms with Crippen molar-refractivity contribution in [2.75, 3.05) is 6.61 Å². The van der Waals surface area contributed by atoms with E-state index in [0.717, 1.165) is 18.9 Å². The third-order valence-electron chi connectivity index (χ3n) is 4.10. The molecule has 4 atom stereocenters. The number of fused-ring (bicyclic) bond motifs is 1. The van der Waals surface area contributed by atoms with Crippen molar-refractivity contribution in [2.45, 2.75) is 45.1 Å². The molecule has 1 aliphatic heterocycles. The second-order valence-corrected chi connectivity index (χ2v) is 5.05. The maximum atomic E-state index is 9.23. The number of hydrogen-bond acceptors (Lipinski definition) is 2. The summed E-state index contributed by atoms with van der Waals surface area (Å²) in [7, 11) is 0. The van der Waals surface area contributed by atoms with E-state index in [1.54, 1.807) is 0 Å². The highest BCUT2D eigenvalue weighted by atomic mass is 16.5. The van der Waals surface area contributed by atoms with Gasteiger partial charge >= 0.3 is 0 Å². The molecule has 0 amide bonds. The molecule has 2 fully saturated rings. The summed E-state index contributed by atoms with van der Waals surface area (Å²) in [5, 5.41) is 9.23. The molecule has 0 bridgehead atoms. The van der Waals surface area contributed by atoms with Crippen molar-refractivity contribution in [3.8, 4) is 6.07 Å². The molecule has 0 aromatic carbocycles. The molecule has 2 heteroatoms. The first kappa shape index (κ1) is 9.98. The molecule has 0 spiro atoms. The molecule has 0 N–H and O–H groups in total. The van der Waals surface area contributed by atoms with Crippen LogP contribution in [0.3, 0.4) is 0 Å². The molecule has 14 heavy (non-hydrogen) atoms. The Morgan fingerprint density at radius 2 is 2.14 bits per heavy atom. The van der Waals surface area contributed by atoms with Gasteiger partial charge in [0.05, 0.1) is 6.07 Å². The smallest absolute Gasteiger partial charge is 0.154 e. The van der Waals surface area contributed by atoms with Gasteiger partial charge in [0, 0.05) is 12.5 Å². The molecule has 2 aliphatic rings. The second-order valence-electron chi connectivity index (χ2n) is 5.05. The van der Waals surface area contributed by atoms with Crippen molar-refractivity contribution in [1.29, 1.82) is 5.26 Å². The van der Waals surface area contributed by atoms with Crippen LogP contribution >= 0.6 is 0 Å². The molecule has 78 valence electrons. The lowest BCUT2D eigenvalue weighted by atomic mass is 9.63. The molecule has 1 saturated heterocycles. The van der Waals surface area contributed by atoms with Crippen molar-refractivity contribution >= 4 is 0 Å². The Balaban J connectivity index is 2.24. The first-order valence-electron chi connectivity index (χ1n) is 5.72. The van der Waals surface area contributed by atoms with Gasteiger partial charge in [-0.1, -0.05) is 19.8 Å². The Morgan fingerprint density at radius 3 is 2.86 bits per heavy atom. The van der Waals surface area contributed by atoms with Gasteiger partial charge in [0.15, 0.2) is 5.60 Å². The zero-order chi connectivity index (χ0) is 10.2. The van der Waals surface area contributed by atoms with Crippen LogP contribution in [0, 0.1) is 29.1 Å². The largest absolute Gasteiger partial charge is 0.360 e. The van der Waals surface area contributed by atoms with Crippen molar-refractivity contribution in [2.24, 2.45) is 17.8 Å². The molecule has 2 nitrogen and oxygen atoms in total. The zero-order valence-electron chi connectivity index (χ0n) is 9.12. The van der Waals surface area contributed by atoms with Gasteiger partial charge in [-0.3, -0.25) is 0 Å². The van der Waals surface area contributed by atoms with Gasteiger partial charge < -0.3 is 4.74 Å². The Kier molecular flexibility index (Phi) is 2.53. The van der Waals surface area contributed by atoms with Gasteiger partial charge in [-0.25, -0.2) is 0 Å². The minimum Gasteiger partial charge on any atom is -0.360 e. The van der Waals surface area contributed by atoms with Crippen LogP contribution in [-0.2, 0) is 4.74 Å². The summed E-state index contributed by atoms with van der Waals surface area (Å²) >= 11 is 0. The Bertz CT molecular complexity index is 256. The summed E-state index contributed by atoms with van der Waals surface area (Å²) in [4.78, 5) is 0. The molecule has 0 aromatic rings. The molecule has 0 aromatic heterocycles. The van der Waals surface area contributed by atoms with E-state index in [4.69, 9.17) is 4.74 Å². The SMILES string of the molecule is C[C@H]1CCC[C@H]2CCO[C@](C)(C#N)[C@@H]21. The second kappa shape index (κ2) is 3.55. The van der Waals surface area contributed by atoms with Crippen molar-refractivity contribution in [3.05, 3.63) is 0 Å². The van der Waals surface area contributed by atoms with Crippen LogP contribution in [0.4, 0.5) is 0 Å². The summed E-state index contributed by atoms with van der Waals surface area (Å²) in [6.45, 7) is 5.03. The highest BCUT2D eigenvalue weighted by Gasteiger charge is 2.47. The molecule has 0 radical (unpaired) electrons. The third kappa shape index (κ3) is 1.44.